The van der Waals surface area contributed by atoms with Crippen LogP contribution in [0.25, 0.3) is 0 Å². The van der Waals surface area contributed by atoms with E-state index in [1.54, 1.807) is 41.5 Å². The maximum atomic E-state index is 12.2. The molecule has 0 fully saturated rings. The first kappa shape index (κ1) is 19.9. The van der Waals surface area contributed by atoms with E-state index < -0.39 is 40.5 Å². The Bertz CT molecular complexity index is 355. The minimum absolute atomic E-state index is 0.474. The molecule has 0 saturated heterocycles. The second kappa shape index (κ2) is 6.32. The van der Waals surface area contributed by atoms with Crippen molar-refractivity contribution in [1.29, 1.82) is 0 Å². The maximum Gasteiger partial charge on any atom is 0.235 e. The van der Waals surface area contributed by atoms with Crippen molar-refractivity contribution in [2.45, 2.75) is 78.7 Å². The lowest BCUT2D eigenvalue weighted by molar-refractivity contribution is -0.144. The van der Waals surface area contributed by atoms with Gasteiger partial charge in [0, 0.05) is 0 Å². The average molecular weight is 302 g/mol. The van der Waals surface area contributed by atoms with Gasteiger partial charge in [-0.1, -0.05) is 0 Å². The first-order chi connectivity index (χ1) is 9.10. The highest BCUT2D eigenvalue weighted by atomic mass is 16.3. The van der Waals surface area contributed by atoms with Gasteiger partial charge in [0.05, 0.1) is 23.3 Å². The molecule has 124 valence electrons. The van der Waals surface area contributed by atoms with Crippen molar-refractivity contribution in [3.63, 3.8) is 0 Å². The normalized spacial score (nSPS) is 16.1. The van der Waals surface area contributed by atoms with Gasteiger partial charge >= 0.3 is 0 Å². The van der Waals surface area contributed by atoms with Crippen LogP contribution in [0.3, 0.4) is 0 Å². The van der Waals surface area contributed by atoms with Gasteiger partial charge in [-0.15, -0.1) is 0 Å². The SMILES string of the molecule is C[C@@H](NC(=O)C(C)(C)C(=O)N[C@H](C)C(C)(C)O)C(C)(C)O. The fourth-order valence-corrected chi connectivity index (χ4v) is 1.21. The molecule has 0 spiro atoms. The Balaban J connectivity index is 4.88. The van der Waals surface area contributed by atoms with E-state index in [0.29, 0.717) is 0 Å². The second-order valence-electron chi connectivity index (χ2n) is 7.32. The highest BCUT2D eigenvalue weighted by Gasteiger charge is 2.40. The van der Waals surface area contributed by atoms with Gasteiger partial charge in [0.15, 0.2) is 0 Å². The van der Waals surface area contributed by atoms with E-state index in [2.05, 4.69) is 10.6 Å². The number of amides is 2. The van der Waals surface area contributed by atoms with Crippen LogP contribution in [0, 0.1) is 5.41 Å². The van der Waals surface area contributed by atoms with Crippen molar-refractivity contribution in [3.05, 3.63) is 0 Å². The van der Waals surface area contributed by atoms with Crippen LogP contribution >= 0.6 is 0 Å². The van der Waals surface area contributed by atoms with Gasteiger partial charge in [0.1, 0.15) is 5.41 Å². The first-order valence-corrected chi connectivity index (χ1v) is 7.16. The number of carbonyl (C=O) groups is 2. The zero-order chi connectivity index (χ0) is 17.2. The summed E-state index contributed by atoms with van der Waals surface area (Å²) in [6.07, 6.45) is 0. The molecular formula is C15H30N2O4. The molecule has 0 aliphatic heterocycles. The fourth-order valence-electron chi connectivity index (χ4n) is 1.21. The van der Waals surface area contributed by atoms with E-state index in [1.807, 2.05) is 0 Å². The predicted octanol–water partition coefficient (Wildman–Crippen LogP) is 0.564. The molecule has 0 aromatic carbocycles. The number of rotatable bonds is 6. The van der Waals surface area contributed by atoms with Gasteiger partial charge in [0.25, 0.3) is 0 Å². The van der Waals surface area contributed by atoms with Crippen LogP contribution in [-0.2, 0) is 9.59 Å². The van der Waals surface area contributed by atoms with Crippen LogP contribution in [0.2, 0.25) is 0 Å². The predicted molar refractivity (Wildman–Crippen MR) is 81.6 cm³/mol. The van der Waals surface area contributed by atoms with Crippen LogP contribution in [0.15, 0.2) is 0 Å². The van der Waals surface area contributed by atoms with Crippen LogP contribution in [-0.4, -0.2) is 45.3 Å². The van der Waals surface area contributed by atoms with Gasteiger partial charge in [-0.2, -0.15) is 0 Å². The minimum Gasteiger partial charge on any atom is -0.388 e. The second-order valence-corrected chi connectivity index (χ2v) is 7.32. The van der Waals surface area contributed by atoms with Crippen molar-refractivity contribution in [1.82, 2.24) is 10.6 Å². The van der Waals surface area contributed by atoms with Crippen molar-refractivity contribution >= 4 is 11.8 Å². The third kappa shape index (κ3) is 5.63. The molecule has 0 radical (unpaired) electrons. The Morgan fingerprint density at radius 2 is 1.00 bits per heavy atom. The molecule has 6 nitrogen and oxygen atoms in total. The summed E-state index contributed by atoms with van der Waals surface area (Å²) in [6, 6.07) is -0.993. The Labute approximate surface area is 127 Å². The molecule has 0 aromatic heterocycles. The highest BCUT2D eigenvalue weighted by molar-refractivity contribution is 6.04. The van der Waals surface area contributed by atoms with Gasteiger partial charge in [-0.3, -0.25) is 9.59 Å². The number of carbonyl (C=O) groups excluding carboxylic acids is 2. The molecule has 0 aliphatic carbocycles. The average Bonchev–Trinajstić information content (AvgIpc) is 2.25. The summed E-state index contributed by atoms with van der Waals surface area (Å²) in [4.78, 5) is 24.5. The number of nitrogens with one attached hydrogen (secondary N) is 2. The van der Waals surface area contributed by atoms with Crippen molar-refractivity contribution in [2.24, 2.45) is 5.41 Å². The van der Waals surface area contributed by atoms with E-state index in [9.17, 15) is 19.8 Å². The lowest BCUT2D eigenvalue weighted by Gasteiger charge is -2.33. The van der Waals surface area contributed by atoms with Crippen LogP contribution in [0.5, 0.6) is 0 Å². The monoisotopic (exact) mass is 302 g/mol. The van der Waals surface area contributed by atoms with Gasteiger partial charge < -0.3 is 20.8 Å². The topological polar surface area (TPSA) is 98.7 Å². The molecule has 0 heterocycles. The summed E-state index contributed by atoms with van der Waals surface area (Å²) >= 11 is 0. The standard InChI is InChI=1S/C15H30N2O4/c1-9(14(5,6)20)16-11(18)13(3,4)12(19)17-10(2)15(7,8)21/h9-10,20-21H,1-8H3,(H,16,18)(H,17,19)/t9-,10-/m1/s1. The Kier molecular flexibility index (Phi) is 5.97. The zero-order valence-electron chi connectivity index (χ0n) is 14.4. The molecule has 0 aromatic rings. The fraction of sp³-hybridized carbons (Fsp3) is 0.867. The summed E-state index contributed by atoms with van der Waals surface area (Å²) in [6.45, 7) is 12.7. The van der Waals surface area contributed by atoms with Gasteiger partial charge in [-0.05, 0) is 55.4 Å². The molecule has 2 atom stereocenters. The summed E-state index contributed by atoms with van der Waals surface area (Å²) in [5, 5.41) is 25.0. The van der Waals surface area contributed by atoms with Gasteiger partial charge in [0.2, 0.25) is 11.8 Å². The lowest BCUT2D eigenvalue weighted by Crippen LogP contribution is -2.57. The molecule has 0 aliphatic rings. The quantitative estimate of drug-likeness (QED) is 0.539. The van der Waals surface area contributed by atoms with Crippen molar-refractivity contribution in [2.75, 3.05) is 0 Å². The van der Waals surface area contributed by atoms with E-state index in [1.165, 1.54) is 13.8 Å². The van der Waals surface area contributed by atoms with E-state index in [-0.39, 0.29) is 0 Å². The van der Waals surface area contributed by atoms with E-state index >= 15 is 0 Å². The van der Waals surface area contributed by atoms with Crippen LogP contribution in [0.4, 0.5) is 0 Å². The van der Waals surface area contributed by atoms with Gasteiger partial charge in [-0.25, -0.2) is 0 Å². The smallest absolute Gasteiger partial charge is 0.235 e. The van der Waals surface area contributed by atoms with Crippen LogP contribution < -0.4 is 10.6 Å². The number of hydrogen-bond donors (Lipinski definition) is 4. The van der Waals surface area contributed by atoms with Crippen molar-refractivity contribution in [3.8, 4) is 0 Å². The highest BCUT2D eigenvalue weighted by Crippen LogP contribution is 2.19. The Morgan fingerprint density at radius 3 is 1.19 bits per heavy atom. The number of hydrogen-bond acceptors (Lipinski definition) is 4. The summed E-state index contributed by atoms with van der Waals surface area (Å²) < 4.78 is 0. The molecule has 4 N–H and O–H groups in total. The molecule has 0 unspecified atom stereocenters. The van der Waals surface area contributed by atoms with E-state index in [4.69, 9.17) is 0 Å². The molecule has 0 rings (SSSR count). The lowest BCUT2D eigenvalue weighted by atomic mass is 9.88. The summed E-state index contributed by atoms with van der Waals surface area (Å²) in [5.41, 5.74) is -3.47. The molecule has 0 bridgehead atoms. The third-order valence-corrected chi connectivity index (χ3v) is 3.95. The minimum atomic E-state index is -1.31. The van der Waals surface area contributed by atoms with Crippen molar-refractivity contribution < 1.29 is 19.8 Å². The Morgan fingerprint density at radius 1 is 0.762 bits per heavy atom. The molecule has 21 heavy (non-hydrogen) atoms. The number of aliphatic hydroxyl groups is 2. The van der Waals surface area contributed by atoms with Crippen LogP contribution in [0.1, 0.15) is 55.4 Å². The summed E-state index contributed by atoms with van der Waals surface area (Å²) in [7, 11) is 0. The van der Waals surface area contributed by atoms with E-state index in [0.717, 1.165) is 0 Å². The summed E-state index contributed by atoms with van der Waals surface area (Å²) in [5.74, 6) is -0.949. The molecular weight excluding hydrogens is 272 g/mol. The third-order valence-electron chi connectivity index (χ3n) is 3.95. The largest absolute Gasteiger partial charge is 0.388 e. The Hall–Kier alpha value is -1.14. The molecule has 0 saturated carbocycles. The zero-order valence-corrected chi connectivity index (χ0v) is 14.4. The maximum absolute atomic E-state index is 12.2. The first-order valence-electron chi connectivity index (χ1n) is 7.16. The molecule has 2 amide bonds. The molecule has 6 heteroatoms.